The van der Waals surface area contributed by atoms with Gasteiger partial charge in [-0.2, -0.15) is 0 Å². The Kier molecular flexibility index (Phi) is 6.93. The number of amides is 1. The summed E-state index contributed by atoms with van der Waals surface area (Å²) in [6.45, 7) is 5.22. The Morgan fingerprint density at radius 3 is 2.71 bits per heavy atom. The number of methoxy groups -OCH3 is 1. The minimum Gasteiger partial charge on any atom is -0.384 e. The van der Waals surface area contributed by atoms with Crippen molar-refractivity contribution in [3.05, 3.63) is 0 Å². The quantitative estimate of drug-likeness (QED) is 0.744. The number of hydrogen-bond acceptors (Lipinski definition) is 4. The van der Waals surface area contributed by atoms with E-state index in [4.69, 9.17) is 9.47 Å². The van der Waals surface area contributed by atoms with Crippen molar-refractivity contribution in [1.82, 2.24) is 10.6 Å². The van der Waals surface area contributed by atoms with Gasteiger partial charge in [0.1, 0.15) is 0 Å². The highest BCUT2D eigenvalue weighted by atomic mass is 16.5. The summed E-state index contributed by atoms with van der Waals surface area (Å²) in [5, 5.41) is 6.51. The van der Waals surface area contributed by atoms with Crippen molar-refractivity contribution < 1.29 is 14.3 Å². The smallest absolute Gasteiger partial charge is 0.220 e. The van der Waals surface area contributed by atoms with Gasteiger partial charge in [-0.15, -0.1) is 0 Å². The average molecular weight is 298 g/mol. The zero-order valence-corrected chi connectivity index (χ0v) is 13.3. The topological polar surface area (TPSA) is 59.6 Å². The molecular formula is C16H30N2O3. The van der Waals surface area contributed by atoms with Gasteiger partial charge in [-0.25, -0.2) is 0 Å². The van der Waals surface area contributed by atoms with E-state index >= 15 is 0 Å². The van der Waals surface area contributed by atoms with Crippen molar-refractivity contribution in [2.45, 2.75) is 38.5 Å². The standard InChI is InChI=1S/C16H30N2O3/c1-20-13-16(6-8-17-9-7-16)12-18-15(19)3-2-14-4-10-21-11-5-14/h14,17H,2-13H2,1H3,(H,18,19). The molecule has 0 unspecified atom stereocenters. The van der Waals surface area contributed by atoms with Gasteiger partial charge in [-0.05, 0) is 51.1 Å². The molecular weight excluding hydrogens is 268 g/mol. The summed E-state index contributed by atoms with van der Waals surface area (Å²) < 4.78 is 10.7. The Labute approximate surface area is 128 Å². The van der Waals surface area contributed by atoms with Gasteiger partial charge in [0.25, 0.3) is 0 Å². The van der Waals surface area contributed by atoms with E-state index in [1.54, 1.807) is 7.11 Å². The number of carbonyl (C=O) groups is 1. The third-order valence-electron chi connectivity index (χ3n) is 4.90. The number of hydrogen-bond donors (Lipinski definition) is 2. The lowest BCUT2D eigenvalue weighted by Crippen LogP contribution is -2.47. The van der Waals surface area contributed by atoms with Crippen LogP contribution in [-0.2, 0) is 14.3 Å². The molecule has 0 aromatic rings. The van der Waals surface area contributed by atoms with Crippen LogP contribution in [0.15, 0.2) is 0 Å². The zero-order chi connectivity index (χ0) is 15.0. The van der Waals surface area contributed by atoms with Crippen LogP contribution in [0.5, 0.6) is 0 Å². The SMILES string of the molecule is COCC1(CNC(=O)CCC2CCOCC2)CCNCC1. The van der Waals surface area contributed by atoms with Gasteiger partial charge in [0.2, 0.25) is 5.91 Å². The fourth-order valence-electron chi connectivity index (χ4n) is 3.38. The molecule has 2 aliphatic heterocycles. The summed E-state index contributed by atoms with van der Waals surface area (Å²) in [5.41, 5.74) is 0.119. The highest BCUT2D eigenvalue weighted by molar-refractivity contribution is 5.75. The summed E-state index contributed by atoms with van der Waals surface area (Å²) in [5.74, 6) is 0.854. The molecule has 0 atom stereocenters. The number of carbonyl (C=O) groups excluding carboxylic acids is 1. The van der Waals surface area contributed by atoms with Crippen molar-refractivity contribution in [2.75, 3.05) is 46.6 Å². The first-order chi connectivity index (χ1) is 10.2. The van der Waals surface area contributed by atoms with E-state index in [0.717, 1.165) is 71.6 Å². The summed E-state index contributed by atoms with van der Waals surface area (Å²) in [7, 11) is 1.75. The predicted octanol–water partition coefficient (Wildman–Crippen LogP) is 1.33. The van der Waals surface area contributed by atoms with Gasteiger partial charge in [-0.3, -0.25) is 4.79 Å². The maximum absolute atomic E-state index is 12.1. The minimum absolute atomic E-state index is 0.119. The van der Waals surface area contributed by atoms with E-state index < -0.39 is 0 Å². The summed E-state index contributed by atoms with van der Waals surface area (Å²) in [4.78, 5) is 12.1. The molecule has 2 heterocycles. The van der Waals surface area contributed by atoms with E-state index in [1.165, 1.54) is 0 Å². The number of nitrogens with one attached hydrogen (secondary N) is 2. The van der Waals surface area contributed by atoms with Crippen LogP contribution in [-0.4, -0.2) is 52.5 Å². The van der Waals surface area contributed by atoms with Crippen LogP contribution in [0.3, 0.4) is 0 Å². The molecule has 0 aromatic heterocycles. The van der Waals surface area contributed by atoms with Gasteiger partial charge >= 0.3 is 0 Å². The molecule has 2 N–H and O–H groups in total. The van der Waals surface area contributed by atoms with Crippen LogP contribution in [0.1, 0.15) is 38.5 Å². The van der Waals surface area contributed by atoms with Crippen LogP contribution in [0, 0.1) is 11.3 Å². The fourth-order valence-corrected chi connectivity index (χ4v) is 3.38. The number of rotatable bonds is 7. The molecule has 5 nitrogen and oxygen atoms in total. The van der Waals surface area contributed by atoms with Gasteiger partial charge < -0.3 is 20.1 Å². The fraction of sp³-hybridized carbons (Fsp3) is 0.938. The second kappa shape index (κ2) is 8.71. The summed E-state index contributed by atoms with van der Waals surface area (Å²) in [6, 6.07) is 0. The van der Waals surface area contributed by atoms with Crippen molar-refractivity contribution in [2.24, 2.45) is 11.3 Å². The van der Waals surface area contributed by atoms with E-state index in [0.29, 0.717) is 12.3 Å². The lowest BCUT2D eigenvalue weighted by Gasteiger charge is -2.37. The zero-order valence-electron chi connectivity index (χ0n) is 13.3. The van der Waals surface area contributed by atoms with Gasteiger partial charge in [0.05, 0.1) is 6.61 Å². The molecule has 0 saturated carbocycles. The largest absolute Gasteiger partial charge is 0.384 e. The molecule has 2 rings (SSSR count). The second-order valence-electron chi connectivity index (χ2n) is 6.55. The van der Waals surface area contributed by atoms with Gasteiger partial charge in [0.15, 0.2) is 0 Å². The average Bonchev–Trinajstić information content (AvgIpc) is 2.53. The highest BCUT2D eigenvalue weighted by Crippen LogP contribution is 2.28. The predicted molar refractivity (Wildman–Crippen MR) is 82.2 cm³/mol. The Morgan fingerprint density at radius 1 is 1.33 bits per heavy atom. The van der Waals surface area contributed by atoms with Crippen LogP contribution < -0.4 is 10.6 Å². The molecule has 2 saturated heterocycles. The third kappa shape index (κ3) is 5.57. The van der Waals surface area contributed by atoms with Crippen molar-refractivity contribution in [1.29, 1.82) is 0 Å². The normalized spacial score (nSPS) is 22.9. The maximum atomic E-state index is 12.1. The molecule has 0 radical (unpaired) electrons. The van der Waals surface area contributed by atoms with E-state index in [1.807, 2.05) is 0 Å². The first-order valence-corrected chi connectivity index (χ1v) is 8.28. The molecule has 122 valence electrons. The van der Waals surface area contributed by atoms with Crippen LogP contribution in [0.2, 0.25) is 0 Å². The molecule has 0 aliphatic carbocycles. The number of piperidine rings is 1. The van der Waals surface area contributed by atoms with E-state index in [2.05, 4.69) is 10.6 Å². The van der Waals surface area contributed by atoms with E-state index in [9.17, 15) is 4.79 Å². The molecule has 2 aliphatic rings. The maximum Gasteiger partial charge on any atom is 0.220 e. The molecule has 0 bridgehead atoms. The minimum atomic E-state index is 0.119. The first kappa shape index (κ1) is 16.7. The Morgan fingerprint density at radius 2 is 2.05 bits per heavy atom. The third-order valence-corrected chi connectivity index (χ3v) is 4.90. The van der Waals surface area contributed by atoms with Crippen LogP contribution in [0.4, 0.5) is 0 Å². The first-order valence-electron chi connectivity index (χ1n) is 8.28. The van der Waals surface area contributed by atoms with Crippen LogP contribution >= 0.6 is 0 Å². The van der Waals surface area contributed by atoms with E-state index in [-0.39, 0.29) is 11.3 Å². The Balaban J connectivity index is 1.68. The molecule has 2 fully saturated rings. The van der Waals surface area contributed by atoms with Gasteiger partial charge in [-0.1, -0.05) is 0 Å². The van der Waals surface area contributed by atoms with Crippen molar-refractivity contribution in [3.63, 3.8) is 0 Å². The Hall–Kier alpha value is -0.650. The van der Waals surface area contributed by atoms with Crippen molar-refractivity contribution in [3.8, 4) is 0 Å². The molecule has 1 amide bonds. The van der Waals surface area contributed by atoms with Gasteiger partial charge in [0, 0.05) is 38.7 Å². The lowest BCUT2D eigenvalue weighted by atomic mass is 9.79. The summed E-state index contributed by atoms with van der Waals surface area (Å²) in [6.07, 6.45) is 5.99. The molecule has 0 spiro atoms. The molecule has 5 heteroatoms. The number of ether oxygens (including phenoxy) is 2. The molecule has 0 aromatic carbocycles. The monoisotopic (exact) mass is 298 g/mol. The summed E-state index contributed by atoms with van der Waals surface area (Å²) >= 11 is 0. The van der Waals surface area contributed by atoms with Crippen molar-refractivity contribution >= 4 is 5.91 Å². The Bertz CT molecular complexity index is 305. The second-order valence-corrected chi connectivity index (χ2v) is 6.55. The highest BCUT2D eigenvalue weighted by Gasteiger charge is 2.32. The van der Waals surface area contributed by atoms with Crippen LogP contribution in [0.25, 0.3) is 0 Å². The molecule has 21 heavy (non-hydrogen) atoms. The lowest BCUT2D eigenvalue weighted by molar-refractivity contribution is -0.122.